The maximum Gasteiger partial charge on any atom is 0.317 e. The molecule has 1 saturated carbocycles. The van der Waals surface area contributed by atoms with Gasteiger partial charge in [-0.25, -0.2) is 4.79 Å². The first-order valence-electron chi connectivity index (χ1n) is 7.52. The molecule has 0 unspecified atom stereocenters. The molecule has 22 heavy (non-hydrogen) atoms. The number of hydrogen-bond donors (Lipinski definition) is 2. The van der Waals surface area contributed by atoms with Crippen LogP contribution in [-0.4, -0.2) is 35.1 Å². The van der Waals surface area contributed by atoms with E-state index in [0.717, 1.165) is 18.4 Å². The molecule has 2 amide bonds. The van der Waals surface area contributed by atoms with Gasteiger partial charge in [0, 0.05) is 24.7 Å². The number of rotatable bonds is 3. The van der Waals surface area contributed by atoms with Crippen LogP contribution in [-0.2, 0) is 11.3 Å². The minimum absolute atomic E-state index is 0.0851. The lowest BCUT2D eigenvalue weighted by Gasteiger charge is -2.23. The van der Waals surface area contributed by atoms with Crippen molar-refractivity contribution in [2.24, 2.45) is 11.3 Å². The van der Waals surface area contributed by atoms with Gasteiger partial charge in [0.15, 0.2) is 0 Å². The Labute approximate surface area is 134 Å². The van der Waals surface area contributed by atoms with E-state index in [1.54, 1.807) is 17.0 Å². The molecular formula is C16H19ClN2O3. The fourth-order valence-electron chi connectivity index (χ4n) is 3.73. The Hall–Kier alpha value is -1.75. The molecule has 2 N–H and O–H groups in total. The summed E-state index contributed by atoms with van der Waals surface area (Å²) in [6.07, 6.45) is 2.50. The number of halogens is 1. The lowest BCUT2D eigenvalue weighted by molar-refractivity contribution is -0.149. The van der Waals surface area contributed by atoms with Crippen molar-refractivity contribution in [2.75, 3.05) is 13.1 Å². The van der Waals surface area contributed by atoms with Crippen LogP contribution in [0.3, 0.4) is 0 Å². The van der Waals surface area contributed by atoms with E-state index in [1.165, 1.54) is 0 Å². The summed E-state index contributed by atoms with van der Waals surface area (Å²) >= 11 is 5.92. The molecule has 1 aliphatic heterocycles. The quantitative estimate of drug-likeness (QED) is 0.899. The van der Waals surface area contributed by atoms with Gasteiger partial charge in [-0.3, -0.25) is 4.79 Å². The zero-order chi connectivity index (χ0) is 15.7. The van der Waals surface area contributed by atoms with Gasteiger partial charge in [0.25, 0.3) is 0 Å². The number of hydrogen-bond acceptors (Lipinski definition) is 2. The molecule has 5 nitrogen and oxygen atoms in total. The number of carboxylic acids is 1. The number of aliphatic carboxylic acids is 1. The van der Waals surface area contributed by atoms with Crippen molar-refractivity contribution in [2.45, 2.75) is 25.8 Å². The Morgan fingerprint density at radius 1 is 1.45 bits per heavy atom. The molecule has 0 bridgehead atoms. The first kappa shape index (κ1) is 15.2. The van der Waals surface area contributed by atoms with E-state index >= 15 is 0 Å². The highest BCUT2D eigenvalue weighted by Crippen LogP contribution is 2.48. The number of benzene rings is 1. The van der Waals surface area contributed by atoms with Gasteiger partial charge in [-0.2, -0.15) is 0 Å². The van der Waals surface area contributed by atoms with Gasteiger partial charge in [0.2, 0.25) is 0 Å². The number of nitrogens with zero attached hydrogens (tertiary/aromatic N) is 1. The van der Waals surface area contributed by atoms with Crippen LogP contribution in [0.2, 0.25) is 5.02 Å². The summed E-state index contributed by atoms with van der Waals surface area (Å²) < 4.78 is 0. The van der Waals surface area contributed by atoms with Crippen molar-refractivity contribution in [1.29, 1.82) is 0 Å². The summed E-state index contributed by atoms with van der Waals surface area (Å²) in [6, 6.07) is 7.12. The zero-order valence-corrected chi connectivity index (χ0v) is 13.0. The molecule has 6 heteroatoms. The Kier molecular flexibility index (Phi) is 4.00. The van der Waals surface area contributed by atoms with E-state index in [9.17, 15) is 14.7 Å². The largest absolute Gasteiger partial charge is 0.481 e. The van der Waals surface area contributed by atoms with Crippen LogP contribution in [0.1, 0.15) is 24.8 Å². The molecule has 0 aromatic heterocycles. The molecule has 1 aromatic rings. The predicted molar refractivity (Wildman–Crippen MR) is 82.7 cm³/mol. The zero-order valence-electron chi connectivity index (χ0n) is 12.2. The second-order valence-corrected chi connectivity index (χ2v) is 6.66. The number of amides is 2. The second kappa shape index (κ2) is 5.80. The number of fused-ring (bicyclic) bond motifs is 1. The van der Waals surface area contributed by atoms with Gasteiger partial charge in [0.05, 0.1) is 5.41 Å². The highest BCUT2D eigenvalue weighted by Gasteiger charge is 2.55. The summed E-state index contributed by atoms with van der Waals surface area (Å²) in [4.78, 5) is 25.5. The van der Waals surface area contributed by atoms with Crippen LogP contribution in [0.25, 0.3) is 0 Å². The first-order chi connectivity index (χ1) is 10.5. The highest BCUT2D eigenvalue weighted by atomic mass is 35.5. The third kappa shape index (κ3) is 2.65. The predicted octanol–water partition coefficient (Wildman–Crippen LogP) is 2.74. The monoisotopic (exact) mass is 322 g/mol. The molecule has 0 spiro atoms. The van der Waals surface area contributed by atoms with Crippen LogP contribution in [0.4, 0.5) is 4.79 Å². The molecule has 1 aliphatic carbocycles. The van der Waals surface area contributed by atoms with Crippen LogP contribution in [0.15, 0.2) is 24.3 Å². The van der Waals surface area contributed by atoms with Crippen LogP contribution in [0.5, 0.6) is 0 Å². The average molecular weight is 323 g/mol. The van der Waals surface area contributed by atoms with E-state index in [2.05, 4.69) is 5.32 Å². The Morgan fingerprint density at radius 2 is 2.27 bits per heavy atom. The number of carboxylic acid groups (broad SMARTS) is 1. The van der Waals surface area contributed by atoms with E-state index in [1.807, 2.05) is 12.1 Å². The SMILES string of the molecule is O=C(NCc1cccc(Cl)c1)N1C[C@@H]2CCC[C@@]2(C(=O)O)C1. The molecular weight excluding hydrogens is 304 g/mol. The van der Waals surface area contributed by atoms with Crippen molar-refractivity contribution in [1.82, 2.24) is 10.2 Å². The normalized spacial score (nSPS) is 26.8. The standard InChI is InChI=1S/C16H19ClN2O3/c17-13-5-1-3-11(7-13)8-18-15(22)19-9-12-4-2-6-16(12,10-19)14(20)21/h1,3,5,7,12H,2,4,6,8-10H2,(H,18,22)(H,20,21)/t12-,16+/m0/s1. The second-order valence-electron chi connectivity index (χ2n) is 6.22. The molecule has 118 valence electrons. The fourth-order valence-corrected chi connectivity index (χ4v) is 3.94. The Morgan fingerprint density at radius 3 is 2.95 bits per heavy atom. The van der Waals surface area contributed by atoms with Crippen molar-refractivity contribution >= 4 is 23.6 Å². The number of carbonyl (C=O) groups is 2. The van der Waals surface area contributed by atoms with Gasteiger partial charge in [-0.05, 0) is 36.5 Å². The Balaban J connectivity index is 1.61. The lowest BCUT2D eigenvalue weighted by Crippen LogP contribution is -2.41. The fraction of sp³-hybridized carbons (Fsp3) is 0.500. The molecule has 1 aromatic carbocycles. The van der Waals surface area contributed by atoms with Crippen LogP contribution in [0, 0.1) is 11.3 Å². The number of carbonyl (C=O) groups excluding carboxylic acids is 1. The average Bonchev–Trinajstić information content (AvgIpc) is 3.02. The van der Waals surface area contributed by atoms with E-state index in [4.69, 9.17) is 11.6 Å². The van der Waals surface area contributed by atoms with E-state index < -0.39 is 11.4 Å². The summed E-state index contributed by atoms with van der Waals surface area (Å²) in [7, 11) is 0. The van der Waals surface area contributed by atoms with Gasteiger partial charge >= 0.3 is 12.0 Å². The molecule has 3 rings (SSSR count). The van der Waals surface area contributed by atoms with Gasteiger partial charge in [-0.15, -0.1) is 0 Å². The lowest BCUT2D eigenvalue weighted by atomic mass is 9.81. The topological polar surface area (TPSA) is 69.6 Å². The smallest absolute Gasteiger partial charge is 0.317 e. The van der Waals surface area contributed by atoms with Crippen LogP contribution >= 0.6 is 11.6 Å². The number of nitrogens with one attached hydrogen (secondary N) is 1. The molecule has 1 saturated heterocycles. The van der Waals surface area contributed by atoms with Crippen LogP contribution < -0.4 is 5.32 Å². The maximum absolute atomic E-state index is 12.3. The first-order valence-corrected chi connectivity index (χ1v) is 7.90. The van der Waals surface area contributed by atoms with Gasteiger partial charge in [-0.1, -0.05) is 30.2 Å². The minimum atomic E-state index is -0.764. The van der Waals surface area contributed by atoms with Gasteiger partial charge < -0.3 is 15.3 Å². The molecule has 2 atom stereocenters. The third-order valence-corrected chi connectivity index (χ3v) is 5.15. The molecule has 1 heterocycles. The number of urea groups is 1. The van der Waals surface area contributed by atoms with E-state index in [-0.39, 0.29) is 11.9 Å². The summed E-state index contributed by atoms with van der Waals surface area (Å²) in [5.41, 5.74) is 0.195. The maximum atomic E-state index is 12.3. The Bertz CT molecular complexity index is 607. The summed E-state index contributed by atoms with van der Waals surface area (Å²) in [6.45, 7) is 1.24. The molecule has 2 fully saturated rings. The van der Waals surface area contributed by atoms with Crippen molar-refractivity contribution in [3.05, 3.63) is 34.9 Å². The highest BCUT2D eigenvalue weighted by molar-refractivity contribution is 6.30. The van der Waals surface area contributed by atoms with Crippen molar-refractivity contribution in [3.8, 4) is 0 Å². The minimum Gasteiger partial charge on any atom is -0.481 e. The number of likely N-dealkylation sites (tertiary alicyclic amines) is 1. The summed E-state index contributed by atoms with van der Waals surface area (Å²) in [5, 5.41) is 13.0. The molecule has 0 radical (unpaired) electrons. The van der Waals surface area contributed by atoms with Gasteiger partial charge in [0.1, 0.15) is 0 Å². The van der Waals surface area contributed by atoms with Crippen molar-refractivity contribution in [3.63, 3.8) is 0 Å². The van der Waals surface area contributed by atoms with E-state index in [0.29, 0.717) is 31.1 Å². The van der Waals surface area contributed by atoms with Crippen molar-refractivity contribution < 1.29 is 14.7 Å². The summed E-state index contributed by atoms with van der Waals surface area (Å²) in [5.74, 6) is -0.679. The third-order valence-electron chi connectivity index (χ3n) is 4.92. The molecule has 2 aliphatic rings.